The Hall–Kier alpha value is -0.940. The third-order valence-electron chi connectivity index (χ3n) is 3.61. The van der Waals surface area contributed by atoms with Gasteiger partial charge in [0.2, 0.25) is 0 Å². The van der Waals surface area contributed by atoms with Crippen LogP contribution in [0.4, 0.5) is 4.39 Å². The Morgan fingerprint density at radius 3 is 2.89 bits per heavy atom. The normalized spacial score (nSPS) is 23.5. The number of ether oxygens (including phenoxy) is 1. The molecule has 1 heterocycles. The molecule has 3 nitrogen and oxygen atoms in total. The summed E-state index contributed by atoms with van der Waals surface area (Å²) in [5.41, 5.74) is 0.0722. The molecule has 1 aromatic carbocycles. The molecule has 2 rings (SSSR count). The van der Waals surface area contributed by atoms with Gasteiger partial charge in [-0.05, 0) is 53.9 Å². The van der Waals surface area contributed by atoms with E-state index in [0.29, 0.717) is 23.1 Å². The first-order valence-corrected chi connectivity index (χ1v) is 7.04. The van der Waals surface area contributed by atoms with Gasteiger partial charge in [0.05, 0.1) is 10.1 Å². The molecule has 0 spiro atoms. The Labute approximate surface area is 120 Å². The molecule has 0 N–H and O–H groups in total. The summed E-state index contributed by atoms with van der Waals surface area (Å²) < 4.78 is 19.3. The van der Waals surface area contributed by atoms with Crippen molar-refractivity contribution in [1.82, 2.24) is 4.90 Å². The van der Waals surface area contributed by atoms with E-state index in [9.17, 15) is 9.18 Å². The minimum Gasteiger partial charge on any atom is -0.377 e. The van der Waals surface area contributed by atoms with Gasteiger partial charge in [-0.15, -0.1) is 0 Å². The van der Waals surface area contributed by atoms with Crippen molar-refractivity contribution in [3.05, 3.63) is 34.1 Å². The average Bonchev–Trinajstić information content (AvgIpc) is 2.41. The lowest BCUT2D eigenvalue weighted by atomic mass is 9.94. The van der Waals surface area contributed by atoms with Crippen LogP contribution in [0.5, 0.6) is 0 Å². The predicted molar refractivity (Wildman–Crippen MR) is 74.7 cm³/mol. The fourth-order valence-electron chi connectivity index (χ4n) is 2.36. The van der Waals surface area contributed by atoms with Crippen LogP contribution in [0, 0.1) is 5.82 Å². The van der Waals surface area contributed by atoms with Crippen molar-refractivity contribution in [2.75, 3.05) is 20.2 Å². The number of amides is 1. The smallest absolute Gasteiger partial charge is 0.254 e. The van der Waals surface area contributed by atoms with Crippen LogP contribution in [-0.4, -0.2) is 36.6 Å². The molecule has 1 unspecified atom stereocenters. The van der Waals surface area contributed by atoms with E-state index in [1.54, 1.807) is 24.1 Å². The van der Waals surface area contributed by atoms with Crippen molar-refractivity contribution >= 4 is 21.8 Å². The molecule has 104 valence electrons. The number of hydrogen-bond donors (Lipinski definition) is 0. The molecular weight excluding hydrogens is 313 g/mol. The number of halogens is 2. The molecule has 0 aliphatic carbocycles. The van der Waals surface area contributed by atoms with E-state index in [-0.39, 0.29) is 11.5 Å². The number of carbonyl (C=O) groups is 1. The van der Waals surface area contributed by atoms with Crippen LogP contribution in [0.1, 0.15) is 30.1 Å². The van der Waals surface area contributed by atoms with Gasteiger partial charge < -0.3 is 9.64 Å². The third kappa shape index (κ3) is 3.15. The van der Waals surface area contributed by atoms with E-state index in [1.165, 1.54) is 6.07 Å². The van der Waals surface area contributed by atoms with Crippen LogP contribution in [0.15, 0.2) is 22.7 Å². The van der Waals surface area contributed by atoms with Crippen molar-refractivity contribution in [2.45, 2.75) is 25.4 Å². The number of rotatable bonds is 2. The first-order chi connectivity index (χ1) is 8.95. The summed E-state index contributed by atoms with van der Waals surface area (Å²) in [7, 11) is 1.66. The van der Waals surface area contributed by atoms with E-state index in [1.807, 2.05) is 6.92 Å². The molecule has 1 aliphatic rings. The number of hydrogen-bond acceptors (Lipinski definition) is 2. The van der Waals surface area contributed by atoms with Crippen LogP contribution < -0.4 is 0 Å². The van der Waals surface area contributed by atoms with Crippen molar-refractivity contribution in [2.24, 2.45) is 0 Å². The molecule has 1 aromatic rings. The van der Waals surface area contributed by atoms with Gasteiger partial charge in [-0.1, -0.05) is 0 Å². The zero-order valence-electron chi connectivity index (χ0n) is 11.1. The number of likely N-dealkylation sites (tertiary alicyclic amines) is 1. The number of piperidine rings is 1. The van der Waals surface area contributed by atoms with Gasteiger partial charge in [-0.3, -0.25) is 4.79 Å². The number of benzene rings is 1. The predicted octanol–water partition coefficient (Wildman–Crippen LogP) is 3.23. The van der Waals surface area contributed by atoms with Gasteiger partial charge in [-0.25, -0.2) is 4.39 Å². The highest BCUT2D eigenvalue weighted by molar-refractivity contribution is 9.10. The molecule has 0 radical (unpaired) electrons. The summed E-state index contributed by atoms with van der Waals surface area (Å²) in [5.74, 6) is -0.563. The molecule has 1 atom stereocenters. The van der Waals surface area contributed by atoms with E-state index in [0.717, 1.165) is 12.8 Å². The fourth-order valence-corrected chi connectivity index (χ4v) is 2.60. The van der Waals surface area contributed by atoms with E-state index in [4.69, 9.17) is 4.74 Å². The second-order valence-electron chi connectivity index (χ2n) is 5.11. The van der Waals surface area contributed by atoms with Crippen LogP contribution in [-0.2, 0) is 4.74 Å². The first kappa shape index (κ1) is 14.5. The summed E-state index contributed by atoms with van der Waals surface area (Å²) in [6, 6.07) is 4.46. The van der Waals surface area contributed by atoms with Crippen LogP contribution >= 0.6 is 15.9 Å². The van der Waals surface area contributed by atoms with E-state index in [2.05, 4.69) is 15.9 Å². The maximum Gasteiger partial charge on any atom is 0.254 e. The van der Waals surface area contributed by atoms with Crippen LogP contribution in [0.3, 0.4) is 0 Å². The van der Waals surface area contributed by atoms with Crippen molar-refractivity contribution in [3.8, 4) is 0 Å². The maximum atomic E-state index is 13.5. The third-order valence-corrected chi connectivity index (χ3v) is 4.25. The zero-order chi connectivity index (χ0) is 14.0. The highest BCUT2D eigenvalue weighted by Gasteiger charge is 2.33. The fraction of sp³-hybridized carbons (Fsp3) is 0.500. The lowest BCUT2D eigenvalue weighted by molar-refractivity contribution is -0.0440. The minimum atomic E-state index is -0.419. The Balaban J connectivity index is 2.17. The average molecular weight is 330 g/mol. The van der Waals surface area contributed by atoms with Crippen molar-refractivity contribution < 1.29 is 13.9 Å². The molecule has 5 heteroatoms. The Kier molecular flexibility index (Phi) is 4.26. The molecule has 1 saturated heterocycles. The summed E-state index contributed by atoms with van der Waals surface area (Å²) in [5, 5.41) is 0. The van der Waals surface area contributed by atoms with Gasteiger partial charge in [0.1, 0.15) is 5.82 Å². The standard InChI is InChI=1S/C14H17BrFNO2/c1-14(19-2)6-3-7-17(9-14)13(18)10-4-5-11(15)12(16)8-10/h4-5,8H,3,6-7,9H2,1-2H3. The highest BCUT2D eigenvalue weighted by atomic mass is 79.9. The second kappa shape index (κ2) is 5.59. The molecule has 1 aliphatic heterocycles. The SMILES string of the molecule is COC1(C)CCCN(C(=O)c2ccc(Br)c(F)c2)C1. The Bertz CT molecular complexity index is 494. The molecule has 19 heavy (non-hydrogen) atoms. The largest absolute Gasteiger partial charge is 0.377 e. The molecule has 1 amide bonds. The summed E-state index contributed by atoms with van der Waals surface area (Å²) >= 11 is 3.08. The number of methoxy groups -OCH3 is 1. The molecule has 0 saturated carbocycles. The number of nitrogens with zero attached hydrogens (tertiary/aromatic N) is 1. The van der Waals surface area contributed by atoms with E-state index < -0.39 is 5.82 Å². The summed E-state index contributed by atoms with van der Waals surface area (Å²) in [6.07, 6.45) is 1.83. The first-order valence-electron chi connectivity index (χ1n) is 6.25. The number of carbonyl (C=O) groups excluding carboxylic acids is 1. The van der Waals surface area contributed by atoms with Crippen molar-refractivity contribution in [3.63, 3.8) is 0 Å². The van der Waals surface area contributed by atoms with Crippen molar-refractivity contribution in [1.29, 1.82) is 0 Å². The van der Waals surface area contributed by atoms with Crippen LogP contribution in [0.2, 0.25) is 0 Å². The second-order valence-corrected chi connectivity index (χ2v) is 5.97. The lowest BCUT2D eigenvalue weighted by Gasteiger charge is -2.39. The van der Waals surface area contributed by atoms with Gasteiger partial charge >= 0.3 is 0 Å². The Morgan fingerprint density at radius 1 is 1.53 bits per heavy atom. The monoisotopic (exact) mass is 329 g/mol. The lowest BCUT2D eigenvalue weighted by Crippen LogP contribution is -2.49. The maximum absolute atomic E-state index is 13.5. The van der Waals surface area contributed by atoms with Gasteiger partial charge in [0.15, 0.2) is 0 Å². The van der Waals surface area contributed by atoms with Gasteiger partial charge in [0, 0.05) is 25.8 Å². The van der Waals surface area contributed by atoms with Gasteiger partial charge in [-0.2, -0.15) is 0 Å². The van der Waals surface area contributed by atoms with Crippen LogP contribution in [0.25, 0.3) is 0 Å². The molecular formula is C14H17BrFNO2. The summed E-state index contributed by atoms with van der Waals surface area (Å²) in [4.78, 5) is 14.1. The summed E-state index contributed by atoms with van der Waals surface area (Å²) in [6.45, 7) is 3.23. The molecule has 0 bridgehead atoms. The minimum absolute atomic E-state index is 0.144. The quantitative estimate of drug-likeness (QED) is 0.833. The molecule has 1 fully saturated rings. The van der Waals surface area contributed by atoms with E-state index >= 15 is 0 Å². The molecule has 0 aromatic heterocycles. The highest BCUT2D eigenvalue weighted by Crippen LogP contribution is 2.25. The zero-order valence-corrected chi connectivity index (χ0v) is 12.7. The van der Waals surface area contributed by atoms with Gasteiger partial charge in [0.25, 0.3) is 5.91 Å². The Morgan fingerprint density at radius 2 is 2.26 bits per heavy atom. The topological polar surface area (TPSA) is 29.5 Å².